The molecule has 1 aromatic heterocycles. The minimum Gasteiger partial charge on any atom is -0.271 e. The molecule has 3 nitrogen and oxygen atoms in total. The van der Waals surface area contributed by atoms with E-state index in [1.54, 1.807) is 12.1 Å². The highest BCUT2D eigenvalue weighted by Gasteiger charge is 2.15. The van der Waals surface area contributed by atoms with E-state index in [1.807, 2.05) is 0 Å². The maximum Gasteiger partial charge on any atom is 0.129 e. The van der Waals surface area contributed by atoms with Crippen molar-refractivity contribution in [2.75, 3.05) is 0 Å². The number of rotatable bonds is 3. The third-order valence-electron chi connectivity index (χ3n) is 2.47. The van der Waals surface area contributed by atoms with Crippen molar-refractivity contribution in [2.45, 2.75) is 6.04 Å². The van der Waals surface area contributed by atoms with Crippen molar-refractivity contribution in [3.05, 3.63) is 64.4 Å². The molecule has 0 saturated heterocycles. The van der Waals surface area contributed by atoms with Crippen LogP contribution in [0.5, 0.6) is 0 Å². The summed E-state index contributed by atoms with van der Waals surface area (Å²) in [5.41, 5.74) is 3.54. The van der Waals surface area contributed by atoms with Gasteiger partial charge in [-0.1, -0.05) is 11.6 Å². The van der Waals surface area contributed by atoms with Gasteiger partial charge in [0.05, 0.1) is 6.04 Å². The Morgan fingerprint density at radius 3 is 2.33 bits per heavy atom. The van der Waals surface area contributed by atoms with E-state index in [9.17, 15) is 8.78 Å². The summed E-state index contributed by atoms with van der Waals surface area (Å²) >= 11 is 5.77. The summed E-state index contributed by atoms with van der Waals surface area (Å²) in [6.07, 6.45) is 1.50. The van der Waals surface area contributed by atoms with Gasteiger partial charge in [-0.25, -0.2) is 19.2 Å². The first-order chi connectivity index (χ1) is 8.60. The van der Waals surface area contributed by atoms with E-state index in [4.69, 9.17) is 17.4 Å². The summed E-state index contributed by atoms with van der Waals surface area (Å²) in [7, 11) is 0. The number of pyridine rings is 1. The summed E-state index contributed by atoms with van der Waals surface area (Å²) in [4.78, 5) is 3.83. The highest BCUT2D eigenvalue weighted by atomic mass is 35.5. The lowest BCUT2D eigenvalue weighted by Gasteiger charge is -2.17. The van der Waals surface area contributed by atoms with E-state index in [2.05, 4.69) is 10.4 Å². The molecule has 0 aliphatic rings. The first kappa shape index (κ1) is 12.9. The minimum absolute atomic E-state index is 0.282. The third-order valence-corrected chi connectivity index (χ3v) is 2.68. The summed E-state index contributed by atoms with van der Waals surface area (Å²) in [6, 6.07) is 5.91. The molecule has 0 aliphatic heterocycles. The highest BCUT2D eigenvalue weighted by Crippen LogP contribution is 2.24. The van der Waals surface area contributed by atoms with Crippen molar-refractivity contribution in [1.29, 1.82) is 0 Å². The predicted octanol–water partition coefficient (Wildman–Crippen LogP) is 2.57. The van der Waals surface area contributed by atoms with Gasteiger partial charge in [-0.15, -0.1) is 0 Å². The Hall–Kier alpha value is -1.56. The second-order valence-electron chi connectivity index (χ2n) is 3.71. The van der Waals surface area contributed by atoms with Crippen molar-refractivity contribution >= 4 is 11.6 Å². The lowest BCUT2D eigenvalue weighted by atomic mass is 10.00. The van der Waals surface area contributed by atoms with Crippen molar-refractivity contribution in [3.63, 3.8) is 0 Å². The van der Waals surface area contributed by atoms with Crippen LogP contribution in [-0.4, -0.2) is 4.98 Å². The molecule has 1 atom stereocenters. The van der Waals surface area contributed by atoms with Gasteiger partial charge in [-0.3, -0.25) is 5.84 Å². The topological polar surface area (TPSA) is 50.9 Å². The van der Waals surface area contributed by atoms with Crippen LogP contribution in [-0.2, 0) is 0 Å². The molecular formula is C12H10ClF2N3. The Balaban J connectivity index is 2.45. The van der Waals surface area contributed by atoms with Crippen LogP contribution in [0.4, 0.5) is 8.78 Å². The molecule has 0 saturated carbocycles. The molecule has 1 unspecified atom stereocenters. The quantitative estimate of drug-likeness (QED) is 0.511. The molecule has 1 aromatic carbocycles. The molecule has 1 heterocycles. The highest BCUT2D eigenvalue weighted by molar-refractivity contribution is 6.29. The first-order valence-corrected chi connectivity index (χ1v) is 5.51. The normalized spacial score (nSPS) is 12.4. The van der Waals surface area contributed by atoms with Crippen molar-refractivity contribution in [3.8, 4) is 0 Å². The number of benzene rings is 1. The zero-order chi connectivity index (χ0) is 13.1. The molecule has 2 rings (SSSR count). The van der Waals surface area contributed by atoms with Gasteiger partial charge < -0.3 is 0 Å². The number of halogens is 3. The maximum atomic E-state index is 13.2. The van der Waals surface area contributed by atoms with Gasteiger partial charge >= 0.3 is 0 Å². The van der Waals surface area contributed by atoms with Crippen LogP contribution in [0.2, 0.25) is 5.15 Å². The van der Waals surface area contributed by atoms with Crippen LogP contribution in [0.25, 0.3) is 0 Å². The molecule has 3 N–H and O–H groups in total. The lowest BCUT2D eigenvalue weighted by molar-refractivity contribution is 0.566. The number of hydrogen-bond acceptors (Lipinski definition) is 3. The number of hydrogen-bond donors (Lipinski definition) is 2. The van der Waals surface area contributed by atoms with Gasteiger partial charge in [-0.05, 0) is 35.4 Å². The van der Waals surface area contributed by atoms with Gasteiger partial charge in [-0.2, -0.15) is 0 Å². The van der Waals surface area contributed by atoms with Crippen LogP contribution in [0.15, 0.2) is 36.5 Å². The van der Waals surface area contributed by atoms with E-state index in [0.29, 0.717) is 11.1 Å². The van der Waals surface area contributed by atoms with Crippen LogP contribution in [0.3, 0.4) is 0 Å². The second-order valence-corrected chi connectivity index (χ2v) is 4.10. The SMILES string of the molecule is NNC(c1cc(F)cc(F)c1)c1ccnc(Cl)c1. The van der Waals surface area contributed by atoms with E-state index in [-0.39, 0.29) is 5.15 Å². The zero-order valence-electron chi connectivity index (χ0n) is 9.20. The zero-order valence-corrected chi connectivity index (χ0v) is 9.96. The first-order valence-electron chi connectivity index (χ1n) is 5.13. The van der Waals surface area contributed by atoms with Gasteiger partial charge in [0.1, 0.15) is 16.8 Å². The molecule has 0 spiro atoms. The molecule has 0 amide bonds. The molecule has 0 bridgehead atoms. The standard InChI is InChI=1S/C12H10ClF2N3/c13-11-5-7(1-2-17-11)12(18-16)8-3-9(14)6-10(15)4-8/h1-6,12,18H,16H2. The van der Waals surface area contributed by atoms with Crippen LogP contribution in [0, 0.1) is 11.6 Å². The average Bonchev–Trinajstić information content (AvgIpc) is 2.28. The summed E-state index contributed by atoms with van der Waals surface area (Å²) in [5.74, 6) is 4.11. The van der Waals surface area contributed by atoms with Gasteiger partial charge in [0.15, 0.2) is 0 Å². The fourth-order valence-electron chi connectivity index (χ4n) is 1.72. The molecule has 0 radical (unpaired) electrons. The second kappa shape index (κ2) is 5.39. The average molecular weight is 270 g/mol. The Bertz CT molecular complexity index is 543. The smallest absolute Gasteiger partial charge is 0.129 e. The van der Waals surface area contributed by atoms with Gasteiger partial charge in [0, 0.05) is 12.3 Å². The summed E-state index contributed by atoms with van der Waals surface area (Å²) in [5, 5.41) is 0.282. The number of hydrazine groups is 1. The van der Waals surface area contributed by atoms with Crippen LogP contribution >= 0.6 is 11.6 Å². The molecular weight excluding hydrogens is 260 g/mol. The van der Waals surface area contributed by atoms with E-state index in [1.165, 1.54) is 18.3 Å². The lowest BCUT2D eigenvalue weighted by Crippen LogP contribution is -2.29. The number of aromatic nitrogens is 1. The third kappa shape index (κ3) is 2.81. The number of nitrogens with one attached hydrogen (secondary N) is 1. The summed E-state index contributed by atoms with van der Waals surface area (Å²) < 4.78 is 26.3. The maximum absolute atomic E-state index is 13.2. The molecule has 94 valence electrons. The number of nitrogens with zero attached hydrogens (tertiary/aromatic N) is 1. The van der Waals surface area contributed by atoms with E-state index < -0.39 is 17.7 Å². The van der Waals surface area contributed by atoms with Crippen molar-refractivity contribution in [2.24, 2.45) is 5.84 Å². The monoisotopic (exact) mass is 269 g/mol. The largest absolute Gasteiger partial charge is 0.271 e. The molecule has 6 heteroatoms. The molecule has 18 heavy (non-hydrogen) atoms. The molecule has 0 fully saturated rings. The van der Waals surface area contributed by atoms with Crippen LogP contribution in [0.1, 0.15) is 17.2 Å². The minimum atomic E-state index is -0.662. The number of nitrogens with two attached hydrogens (primary N) is 1. The Kier molecular flexibility index (Phi) is 3.86. The fourth-order valence-corrected chi connectivity index (χ4v) is 1.91. The van der Waals surface area contributed by atoms with Crippen LogP contribution < -0.4 is 11.3 Å². The van der Waals surface area contributed by atoms with E-state index in [0.717, 1.165) is 6.07 Å². The summed E-state index contributed by atoms with van der Waals surface area (Å²) in [6.45, 7) is 0. The van der Waals surface area contributed by atoms with Gasteiger partial charge in [0.25, 0.3) is 0 Å². The Morgan fingerprint density at radius 1 is 1.11 bits per heavy atom. The predicted molar refractivity (Wildman–Crippen MR) is 64.8 cm³/mol. The Morgan fingerprint density at radius 2 is 1.78 bits per heavy atom. The van der Waals surface area contributed by atoms with E-state index >= 15 is 0 Å². The fraction of sp³-hybridized carbons (Fsp3) is 0.0833. The van der Waals surface area contributed by atoms with Crippen molar-refractivity contribution in [1.82, 2.24) is 10.4 Å². The molecule has 0 aliphatic carbocycles. The van der Waals surface area contributed by atoms with Crippen molar-refractivity contribution < 1.29 is 8.78 Å². The van der Waals surface area contributed by atoms with Gasteiger partial charge in [0.2, 0.25) is 0 Å². The molecule has 2 aromatic rings. The Labute approximate surface area is 108 Å².